The van der Waals surface area contributed by atoms with Crippen LogP contribution in [0.3, 0.4) is 0 Å². The molecule has 0 unspecified atom stereocenters. The number of aliphatic hydroxyl groups is 1. The molecule has 0 aliphatic rings. The third kappa shape index (κ3) is 3.35. The van der Waals surface area contributed by atoms with Gasteiger partial charge in [-0.2, -0.15) is 0 Å². The molecule has 0 atom stereocenters. The highest BCUT2D eigenvalue weighted by Gasteiger charge is 2.25. The number of para-hydroxylation sites is 1. The molecule has 6 nitrogen and oxygen atoms in total. The highest BCUT2D eigenvalue weighted by Crippen LogP contribution is 2.35. The zero-order chi connectivity index (χ0) is 14.4. The van der Waals surface area contributed by atoms with E-state index in [0.717, 1.165) is 12.8 Å². The second-order valence-electron chi connectivity index (χ2n) is 4.36. The number of benzene rings is 1. The van der Waals surface area contributed by atoms with Crippen molar-refractivity contribution in [3.63, 3.8) is 0 Å². The number of aliphatic hydroxyl groups excluding tert-OH is 1. The third-order valence-corrected chi connectivity index (χ3v) is 3.26. The first-order chi connectivity index (χ1) is 9.06. The molecule has 0 aliphatic carbocycles. The van der Waals surface area contributed by atoms with E-state index in [4.69, 9.17) is 5.73 Å². The Kier molecular flexibility index (Phi) is 5.57. The molecule has 1 rings (SSSR count). The fourth-order valence-electron chi connectivity index (χ4n) is 2.32. The fourth-order valence-corrected chi connectivity index (χ4v) is 2.32. The minimum absolute atomic E-state index is 0.0531. The van der Waals surface area contributed by atoms with E-state index < -0.39 is 4.92 Å². The largest absolute Gasteiger partial charge is 0.395 e. The molecule has 0 saturated carbocycles. The van der Waals surface area contributed by atoms with E-state index >= 15 is 0 Å². The van der Waals surface area contributed by atoms with Crippen molar-refractivity contribution in [1.29, 1.82) is 0 Å². The lowest BCUT2D eigenvalue weighted by molar-refractivity contribution is -0.383. The van der Waals surface area contributed by atoms with Crippen LogP contribution >= 0.6 is 0 Å². The smallest absolute Gasteiger partial charge is 0.315 e. The van der Waals surface area contributed by atoms with E-state index in [2.05, 4.69) is 0 Å². The van der Waals surface area contributed by atoms with Crippen LogP contribution in [0.4, 0.5) is 17.1 Å². The average molecular weight is 267 g/mol. The first kappa shape index (κ1) is 15.2. The van der Waals surface area contributed by atoms with Gasteiger partial charge in [0.1, 0.15) is 11.4 Å². The lowest BCUT2D eigenvalue weighted by atomic mass is 10.1. The number of hydrogen-bond donors (Lipinski definition) is 2. The molecule has 0 heterocycles. The maximum Gasteiger partial charge on any atom is 0.315 e. The van der Waals surface area contributed by atoms with Gasteiger partial charge in [-0.05, 0) is 25.0 Å². The van der Waals surface area contributed by atoms with Gasteiger partial charge in [-0.15, -0.1) is 0 Å². The van der Waals surface area contributed by atoms with Gasteiger partial charge in [0, 0.05) is 12.6 Å². The van der Waals surface area contributed by atoms with Crippen LogP contribution in [0.5, 0.6) is 0 Å². The number of nitro groups is 1. The van der Waals surface area contributed by atoms with Crippen LogP contribution in [0.15, 0.2) is 18.2 Å². The molecule has 0 amide bonds. The molecule has 3 N–H and O–H groups in total. The molecular formula is C13H21N3O3. The summed E-state index contributed by atoms with van der Waals surface area (Å²) in [5.74, 6) is 0. The summed E-state index contributed by atoms with van der Waals surface area (Å²) in [5.41, 5.74) is 6.26. The Hall–Kier alpha value is -1.82. The van der Waals surface area contributed by atoms with Crippen LogP contribution in [0.1, 0.15) is 26.7 Å². The fraction of sp³-hybridized carbons (Fsp3) is 0.538. The normalized spacial score (nSPS) is 10.7. The monoisotopic (exact) mass is 267 g/mol. The molecule has 0 saturated heterocycles. The quantitative estimate of drug-likeness (QED) is 0.448. The molecule has 0 fully saturated rings. The van der Waals surface area contributed by atoms with Crippen molar-refractivity contribution in [1.82, 2.24) is 0 Å². The molecule has 1 aromatic rings. The summed E-state index contributed by atoms with van der Waals surface area (Å²) in [4.78, 5) is 12.6. The first-order valence-electron chi connectivity index (χ1n) is 6.47. The minimum Gasteiger partial charge on any atom is -0.395 e. The van der Waals surface area contributed by atoms with Gasteiger partial charge in [0.15, 0.2) is 0 Å². The van der Waals surface area contributed by atoms with Crippen LogP contribution in [0.25, 0.3) is 0 Å². The SMILES string of the molecule is CCC(CC)N(CCO)c1cccc(N)c1[N+](=O)[O-]. The van der Waals surface area contributed by atoms with Gasteiger partial charge in [-0.1, -0.05) is 19.9 Å². The van der Waals surface area contributed by atoms with Gasteiger partial charge in [0.05, 0.1) is 11.5 Å². The van der Waals surface area contributed by atoms with Gasteiger partial charge in [-0.25, -0.2) is 0 Å². The van der Waals surface area contributed by atoms with Crippen molar-refractivity contribution in [2.75, 3.05) is 23.8 Å². The van der Waals surface area contributed by atoms with Gasteiger partial charge in [0.25, 0.3) is 0 Å². The van der Waals surface area contributed by atoms with Crippen molar-refractivity contribution in [2.24, 2.45) is 0 Å². The summed E-state index contributed by atoms with van der Waals surface area (Å²) in [6.07, 6.45) is 1.70. The second kappa shape index (κ2) is 6.94. The Morgan fingerprint density at radius 1 is 1.42 bits per heavy atom. The highest BCUT2D eigenvalue weighted by atomic mass is 16.6. The molecule has 0 spiro atoms. The molecule has 0 aromatic heterocycles. The number of nitrogens with two attached hydrogens (primary N) is 1. The van der Waals surface area contributed by atoms with E-state index in [-0.39, 0.29) is 24.0 Å². The average Bonchev–Trinajstić information content (AvgIpc) is 2.38. The Morgan fingerprint density at radius 2 is 2.05 bits per heavy atom. The van der Waals surface area contributed by atoms with Crippen molar-refractivity contribution in [2.45, 2.75) is 32.7 Å². The topological polar surface area (TPSA) is 92.6 Å². The van der Waals surface area contributed by atoms with E-state index in [9.17, 15) is 15.2 Å². The van der Waals surface area contributed by atoms with Gasteiger partial charge >= 0.3 is 5.69 Å². The molecule has 106 valence electrons. The minimum atomic E-state index is -0.461. The summed E-state index contributed by atoms with van der Waals surface area (Å²) < 4.78 is 0. The predicted molar refractivity (Wildman–Crippen MR) is 76.3 cm³/mol. The Bertz CT molecular complexity index is 433. The van der Waals surface area contributed by atoms with Crippen molar-refractivity contribution < 1.29 is 10.0 Å². The van der Waals surface area contributed by atoms with Gasteiger partial charge < -0.3 is 15.7 Å². The Balaban J connectivity index is 3.29. The Morgan fingerprint density at radius 3 is 2.53 bits per heavy atom. The molecule has 1 aromatic carbocycles. The first-order valence-corrected chi connectivity index (χ1v) is 6.47. The maximum atomic E-state index is 11.2. The standard InChI is InChI=1S/C13H21N3O3/c1-3-10(4-2)15(8-9-17)12-7-5-6-11(14)13(12)16(18)19/h5-7,10,17H,3-4,8-9,14H2,1-2H3. The maximum absolute atomic E-state index is 11.2. The predicted octanol–water partition coefficient (Wildman–Crippen LogP) is 2.16. The second-order valence-corrected chi connectivity index (χ2v) is 4.36. The number of anilines is 2. The zero-order valence-electron chi connectivity index (χ0n) is 11.4. The van der Waals surface area contributed by atoms with Crippen molar-refractivity contribution in [3.05, 3.63) is 28.3 Å². The van der Waals surface area contributed by atoms with Crippen molar-refractivity contribution in [3.8, 4) is 0 Å². The molecule has 0 radical (unpaired) electrons. The van der Waals surface area contributed by atoms with E-state index in [1.165, 1.54) is 6.07 Å². The summed E-state index contributed by atoms with van der Waals surface area (Å²) in [6, 6.07) is 5.05. The summed E-state index contributed by atoms with van der Waals surface area (Å²) in [5, 5.41) is 20.4. The summed E-state index contributed by atoms with van der Waals surface area (Å²) >= 11 is 0. The molecule has 19 heavy (non-hydrogen) atoms. The number of rotatable bonds is 7. The number of nitrogen functional groups attached to an aromatic ring is 1. The van der Waals surface area contributed by atoms with Crippen LogP contribution in [-0.4, -0.2) is 29.2 Å². The molecule has 0 bridgehead atoms. The lowest BCUT2D eigenvalue weighted by Gasteiger charge is -2.31. The molecule has 6 heteroatoms. The number of nitro benzene ring substituents is 1. The van der Waals surface area contributed by atoms with E-state index in [1.807, 2.05) is 18.7 Å². The zero-order valence-corrected chi connectivity index (χ0v) is 11.4. The lowest BCUT2D eigenvalue weighted by Crippen LogP contribution is -2.37. The van der Waals surface area contributed by atoms with Gasteiger partial charge in [0.2, 0.25) is 0 Å². The van der Waals surface area contributed by atoms with Gasteiger partial charge in [-0.3, -0.25) is 10.1 Å². The number of nitrogens with zero attached hydrogens (tertiary/aromatic N) is 2. The molecular weight excluding hydrogens is 246 g/mol. The van der Waals surface area contributed by atoms with E-state index in [1.54, 1.807) is 12.1 Å². The summed E-state index contributed by atoms with van der Waals surface area (Å²) in [6.45, 7) is 4.35. The summed E-state index contributed by atoms with van der Waals surface area (Å²) in [7, 11) is 0. The Labute approximate surface area is 113 Å². The highest BCUT2D eigenvalue weighted by molar-refractivity contribution is 5.75. The third-order valence-electron chi connectivity index (χ3n) is 3.26. The molecule has 0 aliphatic heterocycles. The van der Waals surface area contributed by atoms with Crippen molar-refractivity contribution >= 4 is 17.1 Å². The van der Waals surface area contributed by atoms with Crippen LogP contribution < -0.4 is 10.6 Å². The van der Waals surface area contributed by atoms with Crippen LogP contribution in [0.2, 0.25) is 0 Å². The van der Waals surface area contributed by atoms with Crippen LogP contribution in [0, 0.1) is 10.1 Å². The van der Waals surface area contributed by atoms with E-state index in [0.29, 0.717) is 12.2 Å². The number of hydrogen-bond acceptors (Lipinski definition) is 5. The van der Waals surface area contributed by atoms with Crippen LogP contribution in [-0.2, 0) is 0 Å².